The van der Waals surface area contributed by atoms with Gasteiger partial charge >= 0.3 is 0 Å². The van der Waals surface area contributed by atoms with Crippen LogP contribution in [-0.4, -0.2) is 36.0 Å². The van der Waals surface area contributed by atoms with Crippen LogP contribution in [0.3, 0.4) is 0 Å². The van der Waals surface area contributed by atoms with E-state index in [0.29, 0.717) is 6.54 Å². The van der Waals surface area contributed by atoms with Gasteiger partial charge in [-0.2, -0.15) is 0 Å². The highest BCUT2D eigenvalue weighted by Crippen LogP contribution is 2.50. The van der Waals surface area contributed by atoms with Crippen molar-refractivity contribution in [2.45, 2.75) is 52.0 Å². The highest BCUT2D eigenvalue weighted by Gasteiger charge is 2.48. The molecule has 3 heteroatoms. The molecule has 3 nitrogen and oxygen atoms in total. The quantitative estimate of drug-likeness (QED) is 0.795. The molecule has 1 N–H and O–H groups in total. The molecule has 0 radical (unpaired) electrons. The molecule has 2 rings (SSSR count). The molecule has 2 aliphatic carbocycles. The van der Waals surface area contributed by atoms with Crippen LogP contribution < -0.4 is 5.32 Å². The Morgan fingerprint density at radius 1 is 1.35 bits per heavy atom. The lowest BCUT2D eigenvalue weighted by Crippen LogP contribution is -2.52. The predicted octanol–water partition coefficient (Wildman–Crippen LogP) is 2.02. The highest BCUT2D eigenvalue weighted by molar-refractivity contribution is 5.79. The number of likely N-dealkylation sites (N-methyl/N-ethyl adjacent to an activating group) is 1. The summed E-state index contributed by atoms with van der Waals surface area (Å²) in [5.74, 6) is 1.82. The fraction of sp³-hybridized carbons (Fsp3) is 0.929. The first-order valence-corrected chi connectivity index (χ1v) is 7.10. The molecule has 2 fully saturated rings. The molecule has 0 aliphatic heterocycles. The van der Waals surface area contributed by atoms with Gasteiger partial charge in [-0.1, -0.05) is 13.8 Å². The molecular formula is C14H26N2O. The van der Waals surface area contributed by atoms with E-state index in [9.17, 15) is 4.79 Å². The summed E-state index contributed by atoms with van der Waals surface area (Å²) >= 11 is 0. The van der Waals surface area contributed by atoms with Gasteiger partial charge in [-0.3, -0.25) is 9.69 Å². The number of rotatable bonds is 5. The van der Waals surface area contributed by atoms with E-state index < -0.39 is 0 Å². The number of hydrogen-bond donors (Lipinski definition) is 1. The molecule has 0 aromatic rings. The van der Waals surface area contributed by atoms with E-state index in [-0.39, 0.29) is 11.4 Å². The molecule has 0 spiro atoms. The van der Waals surface area contributed by atoms with E-state index in [1.807, 2.05) is 0 Å². The van der Waals surface area contributed by atoms with Crippen molar-refractivity contribution in [2.24, 2.45) is 11.8 Å². The molecule has 98 valence electrons. The predicted molar refractivity (Wildman–Crippen MR) is 69.8 cm³/mol. The van der Waals surface area contributed by atoms with E-state index in [0.717, 1.165) is 24.9 Å². The van der Waals surface area contributed by atoms with Gasteiger partial charge in [0.15, 0.2) is 0 Å². The summed E-state index contributed by atoms with van der Waals surface area (Å²) < 4.78 is 0. The van der Waals surface area contributed by atoms with Gasteiger partial charge in [0.2, 0.25) is 5.91 Å². The van der Waals surface area contributed by atoms with Crippen LogP contribution in [0.2, 0.25) is 0 Å². The minimum Gasteiger partial charge on any atom is -0.350 e. The van der Waals surface area contributed by atoms with E-state index in [1.54, 1.807) is 0 Å². The second-order valence-corrected chi connectivity index (χ2v) is 6.01. The van der Waals surface area contributed by atoms with Gasteiger partial charge in [-0.15, -0.1) is 0 Å². The molecule has 17 heavy (non-hydrogen) atoms. The Morgan fingerprint density at radius 2 is 2.06 bits per heavy atom. The first-order chi connectivity index (χ1) is 8.07. The molecular weight excluding hydrogens is 212 g/mol. The van der Waals surface area contributed by atoms with Gasteiger partial charge in [0.25, 0.3) is 0 Å². The van der Waals surface area contributed by atoms with Crippen LogP contribution in [0.5, 0.6) is 0 Å². The topological polar surface area (TPSA) is 32.3 Å². The lowest BCUT2D eigenvalue weighted by atomic mass is 9.82. The summed E-state index contributed by atoms with van der Waals surface area (Å²) in [5.41, 5.74) is 0.0904. The van der Waals surface area contributed by atoms with Crippen LogP contribution in [0.25, 0.3) is 0 Å². The number of carbonyl (C=O) groups excluding carboxylic acids is 1. The Balaban J connectivity index is 1.86. The normalized spacial score (nSPS) is 35.5. The van der Waals surface area contributed by atoms with Crippen molar-refractivity contribution < 1.29 is 4.79 Å². The maximum Gasteiger partial charge on any atom is 0.234 e. The van der Waals surface area contributed by atoms with Crippen molar-refractivity contribution in [1.82, 2.24) is 10.2 Å². The summed E-state index contributed by atoms with van der Waals surface area (Å²) in [6.07, 6.45) is 5.22. The standard InChI is InChI=1S/C14H26N2O/c1-4-16(5-2)10-13(17)15-14(3)9-11-6-7-12(14)8-11/h11-12H,4-10H2,1-3H3,(H,15,17)/t11-,12+,14-/m0/s1. The Kier molecular flexibility index (Phi) is 3.76. The maximum atomic E-state index is 12.1. The highest BCUT2D eigenvalue weighted by atomic mass is 16.2. The SMILES string of the molecule is CCN(CC)CC(=O)N[C@@]1(C)C[C@H]2CC[C@@H]1C2. The molecule has 2 aliphatic rings. The average molecular weight is 238 g/mol. The van der Waals surface area contributed by atoms with Crippen molar-refractivity contribution in [3.63, 3.8) is 0 Å². The smallest absolute Gasteiger partial charge is 0.234 e. The minimum absolute atomic E-state index is 0.0904. The van der Waals surface area contributed by atoms with Crippen LogP contribution in [0, 0.1) is 11.8 Å². The molecule has 0 heterocycles. The molecule has 2 saturated carbocycles. The number of fused-ring (bicyclic) bond motifs is 2. The maximum absolute atomic E-state index is 12.1. The van der Waals surface area contributed by atoms with Gasteiger partial charge in [0.05, 0.1) is 6.54 Å². The zero-order chi connectivity index (χ0) is 12.5. The van der Waals surface area contributed by atoms with Gasteiger partial charge < -0.3 is 5.32 Å². The largest absolute Gasteiger partial charge is 0.350 e. The summed E-state index contributed by atoms with van der Waals surface area (Å²) in [6.45, 7) is 8.92. The van der Waals surface area contributed by atoms with Crippen molar-refractivity contribution in [2.75, 3.05) is 19.6 Å². The zero-order valence-electron chi connectivity index (χ0n) is 11.5. The van der Waals surface area contributed by atoms with Gasteiger partial charge in [-0.05, 0) is 57.5 Å². The third-order valence-electron chi connectivity index (χ3n) is 4.84. The van der Waals surface area contributed by atoms with E-state index in [2.05, 4.69) is 31.0 Å². The zero-order valence-corrected chi connectivity index (χ0v) is 11.5. The summed E-state index contributed by atoms with van der Waals surface area (Å²) in [7, 11) is 0. The molecule has 0 unspecified atom stereocenters. The molecule has 0 aromatic heterocycles. The Labute approximate surface area is 105 Å². The number of carbonyl (C=O) groups is 1. The third kappa shape index (κ3) is 2.65. The van der Waals surface area contributed by atoms with Crippen LogP contribution in [0.15, 0.2) is 0 Å². The Hall–Kier alpha value is -0.570. The summed E-state index contributed by atoms with van der Waals surface area (Å²) in [5, 5.41) is 3.31. The second-order valence-electron chi connectivity index (χ2n) is 6.01. The third-order valence-corrected chi connectivity index (χ3v) is 4.84. The molecule has 1 amide bonds. The fourth-order valence-corrected chi connectivity index (χ4v) is 3.77. The van der Waals surface area contributed by atoms with Crippen molar-refractivity contribution in [1.29, 1.82) is 0 Å². The van der Waals surface area contributed by atoms with Crippen LogP contribution in [-0.2, 0) is 4.79 Å². The average Bonchev–Trinajstić information content (AvgIpc) is 2.85. The summed E-state index contributed by atoms with van der Waals surface area (Å²) in [6, 6.07) is 0. The van der Waals surface area contributed by atoms with Gasteiger partial charge in [-0.25, -0.2) is 0 Å². The minimum atomic E-state index is 0.0904. The number of nitrogens with zero attached hydrogens (tertiary/aromatic N) is 1. The van der Waals surface area contributed by atoms with E-state index in [1.165, 1.54) is 25.7 Å². The summed E-state index contributed by atoms with van der Waals surface area (Å²) in [4.78, 5) is 14.2. The Bertz CT molecular complexity index is 288. The monoisotopic (exact) mass is 238 g/mol. The number of hydrogen-bond acceptors (Lipinski definition) is 2. The molecule has 0 aromatic carbocycles. The van der Waals surface area contributed by atoms with Crippen LogP contribution in [0.4, 0.5) is 0 Å². The van der Waals surface area contributed by atoms with Crippen LogP contribution in [0.1, 0.15) is 46.5 Å². The molecule has 2 bridgehead atoms. The first kappa shape index (κ1) is 12.9. The number of nitrogens with one attached hydrogen (secondary N) is 1. The van der Waals surface area contributed by atoms with Gasteiger partial charge in [0.1, 0.15) is 0 Å². The first-order valence-electron chi connectivity index (χ1n) is 7.10. The van der Waals surface area contributed by atoms with E-state index in [4.69, 9.17) is 0 Å². The second kappa shape index (κ2) is 4.97. The number of amides is 1. The van der Waals surface area contributed by atoms with E-state index >= 15 is 0 Å². The molecule has 0 saturated heterocycles. The van der Waals surface area contributed by atoms with Crippen molar-refractivity contribution in [3.05, 3.63) is 0 Å². The fourth-order valence-electron chi connectivity index (χ4n) is 3.77. The Morgan fingerprint density at radius 3 is 2.53 bits per heavy atom. The van der Waals surface area contributed by atoms with Crippen LogP contribution >= 0.6 is 0 Å². The lowest BCUT2D eigenvalue weighted by molar-refractivity contribution is -0.124. The molecule has 3 atom stereocenters. The lowest BCUT2D eigenvalue weighted by Gasteiger charge is -2.35. The van der Waals surface area contributed by atoms with Crippen molar-refractivity contribution in [3.8, 4) is 0 Å². The van der Waals surface area contributed by atoms with Crippen molar-refractivity contribution >= 4 is 5.91 Å². The van der Waals surface area contributed by atoms with Gasteiger partial charge in [0, 0.05) is 5.54 Å².